The van der Waals surface area contributed by atoms with Gasteiger partial charge in [0.25, 0.3) is 0 Å². The lowest BCUT2D eigenvalue weighted by Gasteiger charge is -2.17. The minimum Gasteiger partial charge on any atom is -0.467 e. The lowest BCUT2D eigenvalue weighted by Crippen LogP contribution is -2.12. The summed E-state index contributed by atoms with van der Waals surface area (Å²) in [5.74, 6) is 0.688. The Labute approximate surface area is 157 Å². The lowest BCUT2D eigenvalue weighted by molar-refractivity contribution is 0.0437. The number of carbonyl (C=O) groups is 1. The molecule has 2 aromatic carbocycles. The van der Waals surface area contributed by atoms with Gasteiger partial charge in [0.2, 0.25) is 0 Å². The summed E-state index contributed by atoms with van der Waals surface area (Å²) in [6, 6.07) is 11.9. The first-order valence-electron chi connectivity index (χ1n) is 8.42. The summed E-state index contributed by atoms with van der Waals surface area (Å²) in [4.78, 5) is 18.3. The number of benzene rings is 2. The molecule has 0 atom stereocenters. The molecule has 3 rings (SSSR count). The van der Waals surface area contributed by atoms with Crippen molar-refractivity contribution in [2.45, 2.75) is 24.0 Å². The third-order valence-corrected chi connectivity index (χ3v) is 4.95. The summed E-state index contributed by atoms with van der Waals surface area (Å²) < 4.78 is 16.0. The van der Waals surface area contributed by atoms with Gasteiger partial charge in [-0.1, -0.05) is 18.2 Å². The van der Waals surface area contributed by atoms with Crippen molar-refractivity contribution in [3.05, 3.63) is 53.1 Å². The van der Waals surface area contributed by atoms with Gasteiger partial charge in [-0.3, -0.25) is 4.99 Å². The second kappa shape index (κ2) is 8.87. The maximum absolute atomic E-state index is 12.7. The minimum absolute atomic E-state index is 0.0668. The molecule has 0 aliphatic carbocycles. The number of ether oxygens (including phenoxy) is 3. The fourth-order valence-electron chi connectivity index (χ4n) is 2.79. The molecule has 0 spiro atoms. The molecule has 0 unspecified atom stereocenters. The smallest absolute Gasteiger partial charge is 0.342 e. The maximum atomic E-state index is 12.7. The average Bonchev–Trinajstić information content (AvgIpc) is 3.13. The number of thioether (sulfide) groups is 1. The number of methoxy groups -OCH3 is 1. The number of hydrogen-bond acceptors (Lipinski definition) is 6. The predicted molar refractivity (Wildman–Crippen MR) is 103 cm³/mol. The van der Waals surface area contributed by atoms with E-state index in [9.17, 15) is 4.79 Å². The zero-order valence-electron chi connectivity index (χ0n) is 14.9. The van der Waals surface area contributed by atoms with E-state index in [0.29, 0.717) is 23.7 Å². The van der Waals surface area contributed by atoms with Gasteiger partial charge in [-0.15, -0.1) is 11.8 Å². The third-order valence-electron chi connectivity index (χ3n) is 3.91. The van der Waals surface area contributed by atoms with E-state index in [2.05, 4.69) is 4.99 Å². The third kappa shape index (κ3) is 4.08. The molecule has 0 saturated carbocycles. The molecule has 0 bridgehead atoms. The molecule has 1 aliphatic heterocycles. The van der Waals surface area contributed by atoms with E-state index in [4.69, 9.17) is 14.2 Å². The summed E-state index contributed by atoms with van der Waals surface area (Å²) in [6.07, 6.45) is 2.58. The van der Waals surface area contributed by atoms with E-state index in [0.717, 1.165) is 28.1 Å². The molecular formula is C20H21NO4S. The molecule has 5 nitrogen and oxygen atoms in total. The molecule has 0 aromatic heterocycles. The van der Waals surface area contributed by atoms with Gasteiger partial charge >= 0.3 is 5.97 Å². The first kappa shape index (κ1) is 18.5. The second-order valence-electron chi connectivity index (χ2n) is 5.62. The molecule has 6 heteroatoms. The minimum atomic E-state index is -0.396. The van der Waals surface area contributed by atoms with Crippen molar-refractivity contribution in [2.24, 2.45) is 4.99 Å². The monoisotopic (exact) mass is 371 g/mol. The Morgan fingerprint density at radius 3 is 2.81 bits per heavy atom. The Hall–Kier alpha value is -2.31. The summed E-state index contributed by atoms with van der Waals surface area (Å²) in [7, 11) is 1.55. The molecule has 26 heavy (non-hydrogen) atoms. The van der Waals surface area contributed by atoms with E-state index in [1.165, 1.54) is 0 Å². The van der Waals surface area contributed by atoms with Crippen LogP contribution in [0.5, 0.6) is 5.75 Å². The van der Waals surface area contributed by atoms with Crippen molar-refractivity contribution >= 4 is 29.6 Å². The Balaban J connectivity index is 2.01. The largest absolute Gasteiger partial charge is 0.467 e. The molecule has 2 aromatic rings. The molecule has 0 N–H and O–H groups in total. The normalized spacial score (nSPS) is 12.1. The fourth-order valence-corrected chi connectivity index (χ4v) is 3.73. The highest BCUT2D eigenvalue weighted by atomic mass is 32.2. The molecule has 136 valence electrons. The molecular weight excluding hydrogens is 350 g/mol. The van der Waals surface area contributed by atoms with Crippen LogP contribution in [0.1, 0.15) is 28.4 Å². The highest BCUT2D eigenvalue weighted by molar-refractivity contribution is 7.98. The van der Waals surface area contributed by atoms with E-state index in [1.54, 1.807) is 25.8 Å². The van der Waals surface area contributed by atoms with E-state index >= 15 is 0 Å². The van der Waals surface area contributed by atoms with Crippen molar-refractivity contribution < 1.29 is 19.0 Å². The Morgan fingerprint density at radius 2 is 2.08 bits per heavy atom. The molecule has 1 heterocycles. The number of carbonyl (C=O) groups excluding carboxylic acids is 1. The van der Waals surface area contributed by atoms with Crippen LogP contribution < -0.4 is 4.74 Å². The van der Waals surface area contributed by atoms with E-state index in [1.807, 2.05) is 42.6 Å². The van der Waals surface area contributed by atoms with Crippen LogP contribution in [0.4, 0.5) is 5.69 Å². The van der Waals surface area contributed by atoms with Gasteiger partial charge in [-0.25, -0.2) is 4.79 Å². The van der Waals surface area contributed by atoms with Gasteiger partial charge in [-0.2, -0.15) is 0 Å². The molecule has 1 aliphatic rings. The topological polar surface area (TPSA) is 57.1 Å². The summed E-state index contributed by atoms with van der Waals surface area (Å²) in [5, 5.41) is 0. The Bertz CT molecular complexity index is 805. The summed E-state index contributed by atoms with van der Waals surface area (Å²) in [5.41, 5.74) is 3.17. The van der Waals surface area contributed by atoms with Gasteiger partial charge in [0.1, 0.15) is 11.3 Å². The van der Waals surface area contributed by atoms with Crippen LogP contribution in [0.25, 0.3) is 0 Å². The first-order chi connectivity index (χ1) is 12.7. The Morgan fingerprint density at radius 1 is 1.27 bits per heavy atom. The second-order valence-corrected chi connectivity index (χ2v) is 6.67. The van der Waals surface area contributed by atoms with Crippen LogP contribution in [0, 0.1) is 0 Å². The summed E-state index contributed by atoms with van der Waals surface area (Å²) in [6.45, 7) is 2.16. The molecule has 0 fully saturated rings. The van der Waals surface area contributed by atoms with Crippen molar-refractivity contribution in [1.29, 1.82) is 0 Å². The number of rotatable bonds is 8. The Kier molecular flexibility index (Phi) is 6.30. The van der Waals surface area contributed by atoms with E-state index in [-0.39, 0.29) is 6.79 Å². The average molecular weight is 371 g/mol. The zero-order valence-corrected chi connectivity index (χ0v) is 15.7. The first-order valence-corrected chi connectivity index (χ1v) is 9.41. The van der Waals surface area contributed by atoms with Gasteiger partial charge < -0.3 is 14.2 Å². The van der Waals surface area contributed by atoms with Crippen LogP contribution in [0.15, 0.2) is 46.3 Å². The fraction of sp³-hybridized carbons (Fsp3) is 0.300. The molecule has 0 radical (unpaired) electrons. The molecule has 0 saturated heterocycles. The van der Waals surface area contributed by atoms with Crippen molar-refractivity contribution in [2.75, 3.05) is 20.5 Å². The number of aliphatic imine (C=N–C) groups is 1. The quantitative estimate of drug-likeness (QED) is 0.391. The zero-order chi connectivity index (χ0) is 18.4. The van der Waals surface area contributed by atoms with Crippen molar-refractivity contribution in [1.82, 2.24) is 0 Å². The lowest BCUT2D eigenvalue weighted by atomic mass is 10.0. The van der Waals surface area contributed by atoms with Crippen LogP contribution >= 0.6 is 11.8 Å². The number of nitrogens with zero attached hydrogens (tertiary/aromatic N) is 1. The summed E-state index contributed by atoms with van der Waals surface area (Å²) >= 11 is 1.65. The van der Waals surface area contributed by atoms with Crippen LogP contribution in [0.2, 0.25) is 0 Å². The highest BCUT2D eigenvalue weighted by Crippen LogP contribution is 2.40. The van der Waals surface area contributed by atoms with Crippen molar-refractivity contribution in [3.8, 4) is 5.75 Å². The van der Waals surface area contributed by atoms with E-state index < -0.39 is 5.97 Å². The van der Waals surface area contributed by atoms with Crippen LogP contribution in [-0.4, -0.2) is 32.7 Å². The maximum Gasteiger partial charge on any atom is 0.342 e. The van der Waals surface area contributed by atoms with Crippen LogP contribution in [0.3, 0.4) is 0 Å². The van der Waals surface area contributed by atoms with Gasteiger partial charge in [0, 0.05) is 36.0 Å². The molecule has 0 amide bonds. The number of fused-ring (bicyclic) bond motifs is 1. The van der Waals surface area contributed by atoms with Gasteiger partial charge in [0.15, 0.2) is 6.79 Å². The SMILES string of the molecule is CCOC(=O)c1c(OCOC)cc2c(c1CSc1ccccc1)N=CC2. The van der Waals surface area contributed by atoms with Crippen molar-refractivity contribution in [3.63, 3.8) is 0 Å². The standard InChI is InChI=1S/C20H21NO4S/c1-3-24-20(22)18-16(12-26-15-7-5-4-6-8-15)19-14(9-10-21-19)11-17(18)25-13-23-2/h4-8,10-11H,3,9,12-13H2,1-2H3. The van der Waals surface area contributed by atoms with Gasteiger partial charge in [0.05, 0.1) is 12.3 Å². The number of esters is 1. The van der Waals surface area contributed by atoms with Crippen LogP contribution in [-0.2, 0) is 21.6 Å². The van der Waals surface area contributed by atoms with Gasteiger partial charge in [-0.05, 0) is 30.7 Å². The number of hydrogen-bond donors (Lipinski definition) is 0. The predicted octanol–water partition coefficient (Wildman–Crippen LogP) is 4.40. The highest BCUT2D eigenvalue weighted by Gasteiger charge is 2.26.